The fourth-order valence-electron chi connectivity index (χ4n) is 15.6. The lowest BCUT2D eigenvalue weighted by Gasteiger charge is -2.32. The van der Waals surface area contributed by atoms with Crippen molar-refractivity contribution in [2.45, 2.75) is 216 Å². The molecule has 0 unspecified atom stereocenters. The highest BCUT2D eigenvalue weighted by Gasteiger charge is 2.44. The number of benzene rings is 4. The molecule has 3 fully saturated rings. The number of aromatic amines is 1. The number of aliphatic carboxylic acids is 1. The van der Waals surface area contributed by atoms with E-state index in [4.69, 9.17) is 16.9 Å². The number of hydrogen-bond donors (Lipinski definition) is 24. The van der Waals surface area contributed by atoms with Gasteiger partial charge in [0, 0.05) is 75.1 Å². The lowest BCUT2D eigenvalue weighted by atomic mass is 9.97. The van der Waals surface area contributed by atoms with Crippen molar-refractivity contribution in [1.29, 1.82) is 5.41 Å². The normalized spacial score (nSPS) is 20.3. The number of likely N-dealkylation sites (tertiary alicyclic amines) is 1. The van der Waals surface area contributed by atoms with Crippen LogP contribution in [0.25, 0.3) is 0 Å². The SMILES string of the molecule is CC[C@H](C)[C@H](NC(=O)[C@@H]1CCCN1C(=O)CNC(=O)CNC(=O)[C@H](CCCNC(=N)N)NC(=O)CNC(=O)[C@@H](NC(=O)[C@H](Cc1ccccc1)NC(=O)[C@H](Cc1ccc(O)cc1)NC(=O)[C@@H]1CSSC[C@H](N)C(=O)NCC(=O)N[C@@H](C)C(=O)N[C@@H](Cc2ccccc2)C(=O)N[C@@H](Cc2cnc[nH]2)C(=O)N[C@@H](C(C)C)C(=O)N2CCC[C@H]2C(=O)N1)C(C)C)C(=O)N[C@@H](CO)C(=O)N[C@@H](Cc1ccccc1)C(=O)O. The summed E-state index contributed by atoms with van der Waals surface area (Å²) in [6, 6.07) is 9.76. The largest absolute Gasteiger partial charge is 0.508 e. The second kappa shape index (κ2) is 56.8. The third-order valence-electron chi connectivity index (χ3n) is 23.8. The van der Waals surface area contributed by atoms with Gasteiger partial charge in [-0.3, -0.25) is 91.7 Å². The van der Waals surface area contributed by atoms with E-state index in [9.17, 15) is 82.4 Å². The number of carboxylic acid groups (broad SMARTS) is 1. The van der Waals surface area contributed by atoms with E-state index in [-0.39, 0.29) is 101 Å². The number of carbonyl (C=O) groups excluding carboxylic acids is 18. The summed E-state index contributed by atoms with van der Waals surface area (Å²) in [4.78, 5) is 278. The first-order valence-corrected chi connectivity index (χ1v) is 49.3. The van der Waals surface area contributed by atoms with Gasteiger partial charge in [0.15, 0.2) is 5.96 Å². The van der Waals surface area contributed by atoms with Crippen molar-refractivity contribution in [3.8, 4) is 5.75 Å². The number of guanidine groups is 1. The highest BCUT2D eigenvalue weighted by Crippen LogP contribution is 2.27. The third-order valence-corrected chi connectivity index (χ3v) is 26.2. The first-order valence-electron chi connectivity index (χ1n) is 46.8. The van der Waals surface area contributed by atoms with Crippen LogP contribution in [0.1, 0.15) is 121 Å². The Labute approximate surface area is 828 Å². The van der Waals surface area contributed by atoms with E-state index < -0.39 is 259 Å². The molecule has 142 heavy (non-hydrogen) atoms. The minimum Gasteiger partial charge on any atom is -0.508 e. The Balaban J connectivity index is 0.938. The number of nitrogens with one attached hydrogen (secondary N) is 19. The molecule has 48 heteroatoms. The van der Waals surface area contributed by atoms with E-state index in [1.165, 1.54) is 53.5 Å². The first-order chi connectivity index (χ1) is 67.7. The molecule has 16 atom stereocenters. The van der Waals surface area contributed by atoms with Gasteiger partial charge in [-0.25, -0.2) is 9.78 Å². The van der Waals surface area contributed by atoms with Crippen molar-refractivity contribution in [2.75, 3.05) is 63.9 Å². The molecule has 770 valence electrons. The number of imidazole rings is 1. The number of aliphatic hydroxyl groups is 1. The van der Waals surface area contributed by atoms with Crippen molar-refractivity contribution in [3.63, 3.8) is 0 Å². The molecule has 4 heterocycles. The summed E-state index contributed by atoms with van der Waals surface area (Å²) in [6.45, 7) is 7.45. The zero-order valence-electron chi connectivity index (χ0n) is 80.0. The van der Waals surface area contributed by atoms with Gasteiger partial charge in [0.1, 0.15) is 90.3 Å². The maximum absolute atomic E-state index is 15.3. The zero-order valence-corrected chi connectivity index (χ0v) is 81.6. The van der Waals surface area contributed by atoms with Crippen LogP contribution in [0.3, 0.4) is 0 Å². The van der Waals surface area contributed by atoms with E-state index in [1.807, 2.05) is 0 Å². The van der Waals surface area contributed by atoms with Crippen LogP contribution in [0.2, 0.25) is 0 Å². The van der Waals surface area contributed by atoms with Crippen LogP contribution in [-0.4, -0.2) is 308 Å². The lowest BCUT2D eigenvalue weighted by molar-refractivity contribution is -0.143. The highest BCUT2D eigenvalue weighted by atomic mass is 33.1. The summed E-state index contributed by atoms with van der Waals surface area (Å²) in [5.41, 5.74) is 14.3. The van der Waals surface area contributed by atoms with Gasteiger partial charge in [0.05, 0.1) is 45.2 Å². The Morgan fingerprint density at radius 3 is 1.73 bits per heavy atom. The molecule has 0 bridgehead atoms. The van der Waals surface area contributed by atoms with Crippen LogP contribution < -0.4 is 102 Å². The van der Waals surface area contributed by atoms with Crippen LogP contribution in [0, 0.1) is 23.2 Å². The maximum atomic E-state index is 15.3. The Hall–Kier alpha value is -14.3. The molecule has 8 rings (SSSR count). The number of phenols is 1. The summed E-state index contributed by atoms with van der Waals surface area (Å²) in [7, 11) is 1.95. The molecule has 26 N–H and O–H groups in total. The van der Waals surface area contributed by atoms with Crippen molar-refractivity contribution in [3.05, 3.63) is 156 Å². The maximum Gasteiger partial charge on any atom is 0.326 e. The number of nitrogens with two attached hydrogens (primary N) is 2. The van der Waals surface area contributed by atoms with Gasteiger partial charge < -0.3 is 132 Å². The average Bonchev–Trinajstić information content (AvgIpc) is 1.66. The minimum absolute atomic E-state index is 0.000420. The molecular weight excluding hydrogens is 1880 g/mol. The van der Waals surface area contributed by atoms with E-state index in [2.05, 4.69) is 100 Å². The predicted octanol–water partition coefficient (Wildman–Crippen LogP) is -4.67. The Kier molecular flexibility index (Phi) is 45.2. The molecule has 0 saturated carbocycles. The Morgan fingerprint density at radius 2 is 1.11 bits per heavy atom. The van der Waals surface area contributed by atoms with Crippen LogP contribution in [0.4, 0.5) is 0 Å². The van der Waals surface area contributed by atoms with Crippen LogP contribution >= 0.6 is 21.6 Å². The van der Waals surface area contributed by atoms with Crippen molar-refractivity contribution in [2.24, 2.45) is 29.2 Å². The van der Waals surface area contributed by atoms with Gasteiger partial charge in [-0.2, -0.15) is 0 Å². The molecule has 3 saturated heterocycles. The number of aliphatic hydroxyl groups excluding tert-OH is 1. The number of aromatic hydroxyl groups is 1. The standard InChI is InChI=1S/C94H130N24O22S2/c1-8-53(6)78(91(137)112-68(47-119)86(132)111-67(93(139)140)40-57-25-16-11-17-26-57)116-89(135)70-28-19-35-117(70)75(124)46-100-72(121)43-102-81(127)62(27-18-34-99-94(96)97)106-74(123)45-103-90(136)76(51(2)3)114-84(130)65(38-56-23-14-10-15-24-56)108-83(129)64(39-58-30-32-60(120)33-31-58)109-87(133)69-49-142-141-48-61(95)80(126)101-44-73(122)105-54(7)79(125)107-63(37-55-21-12-9-13-22-55)82(128)110-66(41-59-42-98-50-104-59)85(131)115-77(52(4)5)92(138)118-36-20-29-71(118)88(134)113-69/h9-17,21-26,30-33,42,50-54,61-71,76-78,119-120H,8,18-20,27-29,34-41,43-49,95H2,1-7H3,(H,98,104)(H,100,121)(H,101,126)(H,102,127)(H,103,136)(H,105,122)(H,106,123)(H,107,125)(H,108,129)(H,109,133)(H,110,128)(H,111,132)(H,112,137)(H,113,134)(H,114,130)(H,115,131)(H,116,135)(H,139,140)(H4,96,97,99)/t53-,54-,61-,62-,63-,64-,65-,66-,67-,68-,69-,70-,71-,76-,77-,78-/m0/s1. The lowest BCUT2D eigenvalue weighted by Crippen LogP contribution is -2.62. The number of carboxylic acids is 1. The topological polar surface area (TPSA) is 701 Å². The molecule has 1 aromatic heterocycles. The molecule has 0 spiro atoms. The number of fused-ring (bicyclic) bond motifs is 1. The number of amides is 18. The number of phenolic OH excluding ortho intramolecular Hbond substituents is 1. The second-order valence-electron chi connectivity index (χ2n) is 35.4. The number of aromatic nitrogens is 2. The van der Waals surface area contributed by atoms with Crippen LogP contribution in [0.5, 0.6) is 5.75 Å². The summed E-state index contributed by atoms with van der Waals surface area (Å²) in [5, 5.41) is 81.9. The summed E-state index contributed by atoms with van der Waals surface area (Å²) in [5.74, 6) is -20.0. The van der Waals surface area contributed by atoms with Gasteiger partial charge in [-0.15, -0.1) is 0 Å². The number of H-pyrrole nitrogens is 1. The van der Waals surface area contributed by atoms with E-state index in [1.54, 1.807) is 133 Å². The molecule has 46 nitrogen and oxygen atoms in total. The fraction of sp³-hybridized carbons (Fsp3) is 0.500. The molecule has 3 aliphatic rings. The first kappa shape index (κ1) is 113. The monoisotopic (exact) mass is 2010 g/mol. The van der Waals surface area contributed by atoms with Gasteiger partial charge in [0.25, 0.3) is 0 Å². The van der Waals surface area contributed by atoms with Gasteiger partial charge in [-0.05, 0) is 97.6 Å². The smallest absolute Gasteiger partial charge is 0.326 e. The van der Waals surface area contributed by atoms with Gasteiger partial charge in [0.2, 0.25) is 106 Å². The fourth-order valence-corrected chi connectivity index (χ4v) is 17.9. The average molecular weight is 2010 g/mol. The Morgan fingerprint density at radius 1 is 0.549 bits per heavy atom. The van der Waals surface area contributed by atoms with Crippen molar-refractivity contribution < 1.29 is 106 Å². The molecule has 5 aromatic rings. The predicted molar refractivity (Wildman–Crippen MR) is 521 cm³/mol. The second-order valence-corrected chi connectivity index (χ2v) is 38.0. The van der Waals surface area contributed by atoms with E-state index in [0.29, 0.717) is 40.8 Å². The zero-order chi connectivity index (χ0) is 104. The van der Waals surface area contributed by atoms with Crippen molar-refractivity contribution >= 4 is 140 Å². The number of hydrogen-bond acceptors (Lipinski definition) is 26. The van der Waals surface area contributed by atoms with Gasteiger partial charge in [-0.1, -0.05) is 173 Å². The van der Waals surface area contributed by atoms with Crippen LogP contribution in [0.15, 0.2) is 128 Å². The molecule has 18 amide bonds. The summed E-state index contributed by atoms with van der Waals surface area (Å²) >= 11 is 0. The Bertz CT molecular complexity index is 5190. The highest BCUT2D eigenvalue weighted by molar-refractivity contribution is 8.76. The number of nitrogens with zero attached hydrogens (tertiary/aromatic N) is 3. The number of carbonyl (C=O) groups is 19. The molecule has 0 radical (unpaired) electrons. The quantitative estimate of drug-likeness (QED) is 0.00757. The van der Waals surface area contributed by atoms with E-state index >= 15 is 24.0 Å². The van der Waals surface area contributed by atoms with Crippen LogP contribution in [-0.2, 0) is 123 Å². The van der Waals surface area contributed by atoms with Gasteiger partial charge >= 0.3 is 5.97 Å². The minimum atomic E-state index is -1.64. The van der Waals surface area contributed by atoms with E-state index in [0.717, 1.165) is 21.6 Å². The summed E-state index contributed by atoms with van der Waals surface area (Å²) in [6.07, 6.45) is 2.89. The molecule has 4 aromatic carbocycles. The summed E-state index contributed by atoms with van der Waals surface area (Å²) < 4.78 is 0. The third kappa shape index (κ3) is 36.1. The number of rotatable bonds is 41. The molecular formula is C94H130N24O22S2. The van der Waals surface area contributed by atoms with Crippen molar-refractivity contribution in [1.82, 2.24) is 110 Å². The molecule has 0 aliphatic carbocycles. The molecule has 3 aliphatic heterocycles.